The molecule has 1 aromatic rings. The van der Waals surface area contributed by atoms with Crippen LogP contribution >= 0.6 is 0 Å². The number of fused-ring (bicyclic) bond motifs is 1. The number of hydrogen-bond donors (Lipinski definition) is 2. The molecule has 20 heavy (non-hydrogen) atoms. The smallest absolute Gasteiger partial charge is 0.231 e. The average molecular weight is 275 g/mol. The van der Waals surface area contributed by atoms with Gasteiger partial charge in [-0.05, 0) is 24.1 Å². The van der Waals surface area contributed by atoms with Crippen molar-refractivity contribution in [3.63, 3.8) is 0 Å². The lowest BCUT2D eigenvalue weighted by Gasteiger charge is -2.30. The fraction of sp³-hybridized carbons (Fsp3) is 0.400. The Morgan fingerprint density at radius 2 is 2.10 bits per heavy atom. The van der Waals surface area contributed by atoms with Crippen LogP contribution in [0.5, 0.6) is 11.5 Å². The molecule has 0 spiro atoms. The molecule has 106 valence electrons. The predicted octanol–water partition coefficient (Wildman–Crippen LogP) is 1.32. The third-order valence-corrected chi connectivity index (χ3v) is 3.66. The van der Waals surface area contributed by atoms with E-state index < -0.39 is 6.10 Å². The minimum absolute atomic E-state index is 0.0217. The van der Waals surface area contributed by atoms with Crippen LogP contribution in [0.3, 0.4) is 0 Å². The molecule has 0 fully saturated rings. The van der Waals surface area contributed by atoms with E-state index in [-0.39, 0.29) is 24.7 Å². The minimum Gasteiger partial charge on any atom is -0.454 e. The van der Waals surface area contributed by atoms with Crippen molar-refractivity contribution in [2.75, 3.05) is 6.79 Å². The summed E-state index contributed by atoms with van der Waals surface area (Å²) in [4.78, 5) is 11.3. The van der Waals surface area contributed by atoms with Crippen molar-refractivity contribution in [3.05, 3.63) is 35.9 Å². The quantitative estimate of drug-likeness (QED) is 0.799. The van der Waals surface area contributed by atoms with Crippen LogP contribution in [-0.4, -0.2) is 30.0 Å². The van der Waals surface area contributed by atoms with E-state index in [4.69, 9.17) is 9.47 Å². The molecule has 1 aromatic carbocycles. The second-order valence-corrected chi connectivity index (χ2v) is 5.13. The Kier molecular flexibility index (Phi) is 3.36. The van der Waals surface area contributed by atoms with E-state index in [1.807, 2.05) is 24.3 Å². The van der Waals surface area contributed by atoms with Crippen LogP contribution in [0, 0.1) is 0 Å². The maximum absolute atomic E-state index is 11.3. The van der Waals surface area contributed by atoms with Gasteiger partial charge in [0.1, 0.15) is 0 Å². The summed E-state index contributed by atoms with van der Waals surface area (Å²) in [5.41, 5.74) is 1.02. The van der Waals surface area contributed by atoms with Gasteiger partial charge in [-0.15, -0.1) is 0 Å². The van der Waals surface area contributed by atoms with E-state index in [1.165, 1.54) is 6.92 Å². The number of nitrogens with one attached hydrogen (secondary N) is 1. The van der Waals surface area contributed by atoms with Gasteiger partial charge in [-0.2, -0.15) is 0 Å². The molecule has 3 rings (SSSR count). The van der Waals surface area contributed by atoms with Crippen LogP contribution in [0.2, 0.25) is 0 Å². The molecule has 0 saturated carbocycles. The number of aliphatic hydroxyl groups is 1. The van der Waals surface area contributed by atoms with E-state index in [9.17, 15) is 9.90 Å². The molecule has 1 aliphatic carbocycles. The van der Waals surface area contributed by atoms with Gasteiger partial charge in [-0.3, -0.25) is 4.79 Å². The van der Waals surface area contributed by atoms with Crippen molar-refractivity contribution in [2.45, 2.75) is 31.4 Å². The van der Waals surface area contributed by atoms with E-state index >= 15 is 0 Å². The zero-order valence-electron chi connectivity index (χ0n) is 11.2. The topological polar surface area (TPSA) is 67.8 Å². The van der Waals surface area contributed by atoms with Crippen molar-refractivity contribution in [1.82, 2.24) is 5.32 Å². The van der Waals surface area contributed by atoms with E-state index in [0.29, 0.717) is 12.2 Å². The molecule has 5 heteroatoms. The van der Waals surface area contributed by atoms with Gasteiger partial charge in [0.25, 0.3) is 0 Å². The number of amides is 1. The molecule has 0 radical (unpaired) electrons. The summed E-state index contributed by atoms with van der Waals surface area (Å²) in [5.74, 6) is 1.39. The molecular formula is C15H17NO4. The van der Waals surface area contributed by atoms with Crippen LogP contribution in [0.1, 0.15) is 24.8 Å². The molecule has 0 bridgehead atoms. The van der Waals surface area contributed by atoms with E-state index in [1.54, 1.807) is 6.08 Å². The summed E-state index contributed by atoms with van der Waals surface area (Å²) in [5, 5.41) is 12.7. The fourth-order valence-electron chi connectivity index (χ4n) is 2.74. The van der Waals surface area contributed by atoms with Crippen LogP contribution in [0.25, 0.3) is 0 Å². The molecule has 1 amide bonds. The Morgan fingerprint density at radius 1 is 1.30 bits per heavy atom. The van der Waals surface area contributed by atoms with Crippen LogP contribution in [0.4, 0.5) is 0 Å². The Labute approximate surface area is 117 Å². The zero-order valence-corrected chi connectivity index (χ0v) is 11.2. The average Bonchev–Trinajstić information content (AvgIpc) is 2.87. The lowest BCUT2D eigenvalue weighted by molar-refractivity contribution is -0.119. The van der Waals surface area contributed by atoms with E-state index in [0.717, 1.165) is 11.3 Å². The van der Waals surface area contributed by atoms with Crippen LogP contribution < -0.4 is 14.8 Å². The second-order valence-electron chi connectivity index (χ2n) is 5.13. The summed E-state index contributed by atoms with van der Waals surface area (Å²) >= 11 is 0. The zero-order chi connectivity index (χ0) is 14.1. The van der Waals surface area contributed by atoms with Crippen molar-refractivity contribution in [2.24, 2.45) is 0 Å². The van der Waals surface area contributed by atoms with Crippen molar-refractivity contribution in [1.29, 1.82) is 0 Å². The SMILES string of the molecule is CC(=O)N[C@H]1C=C[C@H](O)C[C@@H]1c1ccc2c(c1)OCO2. The highest BCUT2D eigenvalue weighted by Crippen LogP contribution is 2.38. The number of ether oxygens (including phenoxy) is 2. The Balaban J connectivity index is 1.89. The fourth-order valence-corrected chi connectivity index (χ4v) is 2.74. The lowest BCUT2D eigenvalue weighted by atomic mass is 9.82. The molecule has 0 aromatic heterocycles. The molecule has 3 atom stereocenters. The normalized spacial score (nSPS) is 27.4. The highest BCUT2D eigenvalue weighted by molar-refractivity contribution is 5.73. The highest BCUT2D eigenvalue weighted by atomic mass is 16.7. The highest BCUT2D eigenvalue weighted by Gasteiger charge is 2.29. The monoisotopic (exact) mass is 275 g/mol. The van der Waals surface area contributed by atoms with Gasteiger partial charge in [0, 0.05) is 12.8 Å². The summed E-state index contributed by atoms with van der Waals surface area (Å²) in [6, 6.07) is 5.64. The summed E-state index contributed by atoms with van der Waals surface area (Å²) in [6.45, 7) is 1.73. The van der Waals surface area contributed by atoms with Crippen molar-refractivity contribution < 1.29 is 19.4 Å². The number of aliphatic hydroxyl groups excluding tert-OH is 1. The van der Waals surface area contributed by atoms with Gasteiger partial charge in [0.05, 0.1) is 12.1 Å². The summed E-state index contributed by atoms with van der Waals surface area (Å²) in [7, 11) is 0. The first-order valence-corrected chi connectivity index (χ1v) is 6.66. The van der Waals surface area contributed by atoms with Gasteiger partial charge in [-0.25, -0.2) is 0 Å². The summed E-state index contributed by atoms with van der Waals surface area (Å²) < 4.78 is 10.7. The first-order chi connectivity index (χ1) is 9.63. The van der Waals surface area contributed by atoms with Crippen LogP contribution in [0.15, 0.2) is 30.4 Å². The van der Waals surface area contributed by atoms with Crippen molar-refractivity contribution >= 4 is 5.91 Å². The molecule has 0 saturated heterocycles. The third-order valence-electron chi connectivity index (χ3n) is 3.66. The minimum atomic E-state index is -0.490. The van der Waals surface area contributed by atoms with Gasteiger partial charge in [0.15, 0.2) is 11.5 Å². The first-order valence-electron chi connectivity index (χ1n) is 6.66. The van der Waals surface area contributed by atoms with Crippen molar-refractivity contribution in [3.8, 4) is 11.5 Å². The first kappa shape index (κ1) is 13.0. The largest absolute Gasteiger partial charge is 0.454 e. The molecule has 0 unspecified atom stereocenters. The molecule has 5 nitrogen and oxygen atoms in total. The molecular weight excluding hydrogens is 258 g/mol. The predicted molar refractivity (Wildman–Crippen MR) is 72.7 cm³/mol. The summed E-state index contributed by atoms with van der Waals surface area (Å²) in [6.07, 6.45) is 3.66. The Hall–Kier alpha value is -2.01. The van der Waals surface area contributed by atoms with Gasteiger partial charge in [0.2, 0.25) is 12.7 Å². The number of carbonyl (C=O) groups is 1. The standard InChI is InChI=1S/C15H17NO4/c1-9(17)16-13-4-3-11(18)7-12(13)10-2-5-14-15(6-10)20-8-19-14/h2-6,11-13,18H,7-8H2,1H3,(H,16,17)/t11-,12+,13-/m0/s1. The molecule has 1 heterocycles. The number of rotatable bonds is 2. The number of hydrogen-bond acceptors (Lipinski definition) is 4. The van der Waals surface area contributed by atoms with Gasteiger partial charge >= 0.3 is 0 Å². The number of carbonyl (C=O) groups excluding carboxylic acids is 1. The second kappa shape index (κ2) is 5.17. The van der Waals surface area contributed by atoms with Gasteiger partial charge < -0.3 is 19.9 Å². The lowest BCUT2D eigenvalue weighted by Crippen LogP contribution is -2.40. The molecule has 1 aliphatic heterocycles. The molecule has 2 N–H and O–H groups in total. The van der Waals surface area contributed by atoms with Crippen LogP contribution in [-0.2, 0) is 4.79 Å². The van der Waals surface area contributed by atoms with E-state index in [2.05, 4.69) is 5.32 Å². The maximum atomic E-state index is 11.3. The Bertz CT molecular complexity index is 555. The van der Waals surface area contributed by atoms with Gasteiger partial charge in [-0.1, -0.05) is 18.2 Å². The number of benzene rings is 1. The Morgan fingerprint density at radius 3 is 2.90 bits per heavy atom. The molecule has 2 aliphatic rings. The maximum Gasteiger partial charge on any atom is 0.231 e. The third kappa shape index (κ3) is 2.49.